The molecule has 1 saturated carbocycles. The molecule has 1 aromatic carbocycles. The summed E-state index contributed by atoms with van der Waals surface area (Å²) in [5.41, 5.74) is 1.39. The minimum absolute atomic E-state index is 0.145. The van der Waals surface area contributed by atoms with Gasteiger partial charge in [0.05, 0.1) is 0 Å². The van der Waals surface area contributed by atoms with Gasteiger partial charge in [-0.1, -0.05) is 30.3 Å². The Kier molecular flexibility index (Phi) is 4.61. The molecule has 0 radical (unpaired) electrons. The summed E-state index contributed by atoms with van der Waals surface area (Å²) >= 11 is 0. The Morgan fingerprint density at radius 1 is 1.32 bits per heavy atom. The number of piperidine rings is 1. The second-order valence-corrected chi connectivity index (χ2v) is 6.01. The SMILES string of the molecule is CCN=C(NC1CCC(=O)NC1)NC1CC1c1ccccc1. The first-order valence-electron chi connectivity index (χ1n) is 8.15. The predicted molar refractivity (Wildman–Crippen MR) is 87.9 cm³/mol. The van der Waals surface area contributed by atoms with Gasteiger partial charge in [-0.05, 0) is 25.3 Å². The molecule has 1 saturated heterocycles. The van der Waals surface area contributed by atoms with Crippen molar-refractivity contribution in [3.05, 3.63) is 35.9 Å². The number of rotatable bonds is 4. The lowest BCUT2D eigenvalue weighted by molar-refractivity contribution is -0.122. The summed E-state index contributed by atoms with van der Waals surface area (Å²) in [6.45, 7) is 3.46. The largest absolute Gasteiger partial charge is 0.354 e. The van der Waals surface area contributed by atoms with Gasteiger partial charge in [0, 0.05) is 37.5 Å². The molecule has 1 aliphatic carbocycles. The third-order valence-electron chi connectivity index (χ3n) is 4.26. The summed E-state index contributed by atoms with van der Waals surface area (Å²) in [5, 5.41) is 9.87. The average molecular weight is 300 g/mol. The van der Waals surface area contributed by atoms with Crippen molar-refractivity contribution in [2.75, 3.05) is 13.1 Å². The molecule has 22 heavy (non-hydrogen) atoms. The number of carbonyl (C=O) groups excluding carboxylic acids is 1. The number of hydrogen-bond acceptors (Lipinski definition) is 2. The Bertz CT molecular complexity index is 533. The number of amides is 1. The number of nitrogens with zero attached hydrogens (tertiary/aromatic N) is 1. The van der Waals surface area contributed by atoms with Gasteiger partial charge in [-0.15, -0.1) is 0 Å². The highest BCUT2D eigenvalue weighted by Gasteiger charge is 2.39. The van der Waals surface area contributed by atoms with Crippen molar-refractivity contribution in [1.29, 1.82) is 0 Å². The molecule has 3 unspecified atom stereocenters. The lowest BCUT2D eigenvalue weighted by atomic mass is 10.1. The van der Waals surface area contributed by atoms with Gasteiger partial charge in [0.25, 0.3) is 0 Å². The fourth-order valence-electron chi connectivity index (χ4n) is 2.94. The van der Waals surface area contributed by atoms with Crippen LogP contribution < -0.4 is 16.0 Å². The minimum atomic E-state index is 0.145. The first-order chi connectivity index (χ1) is 10.8. The standard InChI is InChI=1S/C17H24N4O/c1-2-18-17(20-13-8-9-16(22)19-11-13)21-15-10-14(15)12-6-4-3-5-7-12/h3-7,13-15H,2,8-11H2,1H3,(H,19,22)(H2,18,20,21). The Hall–Kier alpha value is -2.04. The number of guanidine groups is 1. The third-order valence-corrected chi connectivity index (χ3v) is 4.26. The van der Waals surface area contributed by atoms with Crippen molar-refractivity contribution in [1.82, 2.24) is 16.0 Å². The van der Waals surface area contributed by atoms with E-state index in [0.717, 1.165) is 25.3 Å². The fourth-order valence-corrected chi connectivity index (χ4v) is 2.94. The summed E-state index contributed by atoms with van der Waals surface area (Å²) in [6, 6.07) is 11.3. The van der Waals surface area contributed by atoms with Gasteiger partial charge in [0.15, 0.2) is 5.96 Å². The lowest BCUT2D eigenvalue weighted by Gasteiger charge is -2.25. The van der Waals surface area contributed by atoms with Crippen LogP contribution in [0, 0.1) is 0 Å². The summed E-state index contributed by atoms with van der Waals surface area (Å²) in [7, 11) is 0. The van der Waals surface area contributed by atoms with E-state index >= 15 is 0 Å². The van der Waals surface area contributed by atoms with E-state index in [2.05, 4.69) is 51.3 Å². The second-order valence-electron chi connectivity index (χ2n) is 6.01. The van der Waals surface area contributed by atoms with Crippen LogP contribution >= 0.6 is 0 Å². The lowest BCUT2D eigenvalue weighted by Crippen LogP contribution is -2.51. The summed E-state index contributed by atoms with van der Waals surface area (Å²) in [6.07, 6.45) is 2.60. The zero-order chi connectivity index (χ0) is 15.4. The van der Waals surface area contributed by atoms with Gasteiger partial charge in [-0.2, -0.15) is 0 Å². The molecule has 5 heteroatoms. The molecule has 2 fully saturated rings. The zero-order valence-corrected chi connectivity index (χ0v) is 13.0. The number of carbonyl (C=O) groups is 1. The molecule has 1 amide bonds. The number of hydrogen-bond donors (Lipinski definition) is 3. The molecule has 0 spiro atoms. The van der Waals surface area contributed by atoms with Gasteiger partial charge >= 0.3 is 0 Å². The van der Waals surface area contributed by atoms with E-state index in [1.54, 1.807) is 0 Å². The van der Waals surface area contributed by atoms with Crippen LogP contribution in [-0.2, 0) is 4.79 Å². The second kappa shape index (κ2) is 6.81. The van der Waals surface area contributed by atoms with Crippen LogP contribution in [0.4, 0.5) is 0 Å². The summed E-state index contributed by atoms with van der Waals surface area (Å²) in [4.78, 5) is 15.8. The monoisotopic (exact) mass is 300 g/mol. The molecule has 118 valence electrons. The molecule has 3 atom stereocenters. The van der Waals surface area contributed by atoms with E-state index in [1.165, 1.54) is 5.56 Å². The molecule has 3 rings (SSSR count). The Morgan fingerprint density at radius 2 is 2.14 bits per heavy atom. The van der Waals surface area contributed by atoms with Crippen LogP contribution in [0.2, 0.25) is 0 Å². The minimum Gasteiger partial charge on any atom is -0.354 e. The molecule has 1 heterocycles. The van der Waals surface area contributed by atoms with E-state index in [-0.39, 0.29) is 11.9 Å². The maximum absolute atomic E-state index is 11.2. The fraction of sp³-hybridized carbons (Fsp3) is 0.529. The van der Waals surface area contributed by atoms with Gasteiger partial charge in [-0.25, -0.2) is 0 Å². The van der Waals surface area contributed by atoms with Crippen LogP contribution in [0.3, 0.4) is 0 Å². The molecule has 5 nitrogen and oxygen atoms in total. The van der Waals surface area contributed by atoms with Crippen LogP contribution in [0.5, 0.6) is 0 Å². The smallest absolute Gasteiger partial charge is 0.220 e. The molecule has 3 N–H and O–H groups in total. The van der Waals surface area contributed by atoms with E-state index in [0.29, 0.717) is 24.9 Å². The Labute approximate surface area is 131 Å². The van der Waals surface area contributed by atoms with Crippen LogP contribution in [-0.4, -0.2) is 37.0 Å². The summed E-state index contributed by atoms with van der Waals surface area (Å²) < 4.78 is 0. The molecule has 0 bridgehead atoms. The van der Waals surface area contributed by atoms with Crippen LogP contribution in [0.15, 0.2) is 35.3 Å². The molecule has 1 aliphatic heterocycles. The summed E-state index contributed by atoms with van der Waals surface area (Å²) in [5.74, 6) is 1.59. The molecule has 0 aromatic heterocycles. The van der Waals surface area contributed by atoms with Gasteiger partial charge in [0.1, 0.15) is 0 Å². The Balaban J connectivity index is 1.53. The van der Waals surface area contributed by atoms with E-state index < -0.39 is 0 Å². The predicted octanol–water partition coefficient (Wildman–Crippen LogP) is 1.38. The van der Waals surface area contributed by atoms with Crippen molar-refractivity contribution in [2.24, 2.45) is 4.99 Å². The van der Waals surface area contributed by atoms with Gasteiger partial charge in [-0.3, -0.25) is 9.79 Å². The van der Waals surface area contributed by atoms with E-state index in [1.807, 2.05) is 6.92 Å². The number of nitrogens with one attached hydrogen (secondary N) is 3. The van der Waals surface area contributed by atoms with Crippen molar-refractivity contribution in [3.8, 4) is 0 Å². The number of aliphatic imine (C=N–C) groups is 1. The normalized spacial score (nSPS) is 28.0. The van der Waals surface area contributed by atoms with Gasteiger partial charge < -0.3 is 16.0 Å². The highest BCUT2D eigenvalue weighted by molar-refractivity contribution is 5.82. The first-order valence-corrected chi connectivity index (χ1v) is 8.15. The van der Waals surface area contributed by atoms with E-state index in [9.17, 15) is 4.79 Å². The number of benzene rings is 1. The molecular formula is C17H24N4O. The highest BCUT2D eigenvalue weighted by atomic mass is 16.1. The van der Waals surface area contributed by atoms with Crippen molar-refractivity contribution in [3.63, 3.8) is 0 Å². The van der Waals surface area contributed by atoms with Crippen LogP contribution in [0.25, 0.3) is 0 Å². The van der Waals surface area contributed by atoms with Crippen molar-refractivity contribution < 1.29 is 4.79 Å². The first kappa shape index (κ1) is 14.9. The molecular weight excluding hydrogens is 276 g/mol. The topological polar surface area (TPSA) is 65.5 Å². The van der Waals surface area contributed by atoms with E-state index in [4.69, 9.17) is 0 Å². The molecule has 1 aromatic rings. The Morgan fingerprint density at radius 3 is 2.82 bits per heavy atom. The third kappa shape index (κ3) is 3.78. The zero-order valence-electron chi connectivity index (χ0n) is 13.0. The average Bonchev–Trinajstić information content (AvgIpc) is 3.30. The quantitative estimate of drug-likeness (QED) is 0.581. The van der Waals surface area contributed by atoms with Crippen molar-refractivity contribution >= 4 is 11.9 Å². The molecule has 2 aliphatic rings. The van der Waals surface area contributed by atoms with Crippen molar-refractivity contribution in [2.45, 2.75) is 44.2 Å². The highest BCUT2D eigenvalue weighted by Crippen LogP contribution is 2.40. The van der Waals surface area contributed by atoms with Gasteiger partial charge in [0.2, 0.25) is 5.91 Å². The maximum atomic E-state index is 11.2. The maximum Gasteiger partial charge on any atom is 0.220 e. The van der Waals surface area contributed by atoms with Crippen LogP contribution in [0.1, 0.15) is 37.7 Å².